The van der Waals surface area contributed by atoms with Gasteiger partial charge in [0.1, 0.15) is 11.6 Å². The molecule has 0 spiro atoms. The number of anilines is 1. The summed E-state index contributed by atoms with van der Waals surface area (Å²) in [7, 11) is 1.51. The number of rotatable bonds is 5. The van der Waals surface area contributed by atoms with E-state index in [9.17, 15) is 4.39 Å². The first-order chi connectivity index (χ1) is 10.0. The number of ether oxygens (including phenoxy) is 1. The molecule has 21 heavy (non-hydrogen) atoms. The van der Waals surface area contributed by atoms with Crippen LogP contribution in [0.4, 0.5) is 10.1 Å². The summed E-state index contributed by atoms with van der Waals surface area (Å²) < 4.78 is 18.4. The standard InChI is InChI=1S/C16H16Cl2FNO/c1-3-14(10-4-6-12(17)13(18)8-10)20-15-7-5-11(19)9-16(15)21-2/h4-9,14,20H,3H2,1-2H3. The average molecular weight is 328 g/mol. The summed E-state index contributed by atoms with van der Waals surface area (Å²) in [5, 5.41) is 4.38. The third-order valence-corrected chi connectivity index (χ3v) is 3.99. The van der Waals surface area contributed by atoms with Crippen LogP contribution in [0.25, 0.3) is 0 Å². The highest BCUT2D eigenvalue weighted by atomic mass is 35.5. The molecular formula is C16H16Cl2FNO. The van der Waals surface area contributed by atoms with Crippen molar-refractivity contribution in [3.05, 3.63) is 57.8 Å². The summed E-state index contributed by atoms with van der Waals surface area (Å²) in [6.07, 6.45) is 0.832. The smallest absolute Gasteiger partial charge is 0.144 e. The zero-order valence-corrected chi connectivity index (χ0v) is 13.3. The van der Waals surface area contributed by atoms with Gasteiger partial charge in [-0.15, -0.1) is 0 Å². The normalized spacial score (nSPS) is 12.0. The van der Waals surface area contributed by atoms with Crippen LogP contribution in [0.5, 0.6) is 5.75 Å². The Bertz CT molecular complexity index is 634. The fourth-order valence-electron chi connectivity index (χ4n) is 2.12. The van der Waals surface area contributed by atoms with Gasteiger partial charge in [0.05, 0.1) is 28.9 Å². The maximum Gasteiger partial charge on any atom is 0.144 e. The van der Waals surface area contributed by atoms with Gasteiger partial charge in [-0.1, -0.05) is 36.2 Å². The molecule has 0 saturated heterocycles. The summed E-state index contributed by atoms with van der Waals surface area (Å²) in [4.78, 5) is 0. The molecule has 0 bridgehead atoms. The fourth-order valence-corrected chi connectivity index (χ4v) is 2.43. The minimum Gasteiger partial charge on any atom is -0.494 e. The van der Waals surface area contributed by atoms with Gasteiger partial charge in [0.15, 0.2) is 0 Å². The molecule has 2 nitrogen and oxygen atoms in total. The highest BCUT2D eigenvalue weighted by Gasteiger charge is 2.13. The lowest BCUT2D eigenvalue weighted by atomic mass is 10.0. The SMILES string of the molecule is CCC(Nc1ccc(F)cc1OC)c1ccc(Cl)c(Cl)c1. The monoisotopic (exact) mass is 327 g/mol. The number of methoxy groups -OCH3 is 1. The Morgan fingerprint density at radius 1 is 1.14 bits per heavy atom. The predicted octanol–water partition coefficient (Wildman–Crippen LogP) is 5.70. The van der Waals surface area contributed by atoms with E-state index in [-0.39, 0.29) is 11.9 Å². The van der Waals surface area contributed by atoms with Gasteiger partial charge < -0.3 is 10.1 Å². The second-order valence-electron chi connectivity index (χ2n) is 4.62. The molecule has 0 aliphatic carbocycles. The van der Waals surface area contributed by atoms with Crippen LogP contribution in [-0.4, -0.2) is 7.11 Å². The first-order valence-corrected chi connectivity index (χ1v) is 7.35. The first kappa shape index (κ1) is 15.9. The van der Waals surface area contributed by atoms with E-state index in [1.165, 1.54) is 19.2 Å². The molecule has 0 aliphatic rings. The topological polar surface area (TPSA) is 21.3 Å². The van der Waals surface area contributed by atoms with Crippen LogP contribution >= 0.6 is 23.2 Å². The highest BCUT2D eigenvalue weighted by Crippen LogP contribution is 2.32. The van der Waals surface area contributed by atoms with Crippen LogP contribution in [0.1, 0.15) is 24.9 Å². The second-order valence-corrected chi connectivity index (χ2v) is 5.44. The largest absolute Gasteiger partial charge is 0.494 e. The average Bonchev–Trinajstić information content (AvgIpc) is 2.48. The van der Waals surface area contributed by atoms with Crippen LogP contribution in [0.15, 0.2) is 36.4 Å². The molecule has 112 valence electrons. The van der Waals surface area contributed by atoms with Gasteiger partial charge in [-0.25, -0.2) is 4.39 Å². The van der Waals surface area contributed by atoms with E-state index in [1.54, 1.807) is 12.1 Å². The molecule has 2 rings (SSSR count). The van der Waals surface area contributed by atoms with Crippen LogP contribution in [-0.2, 0) is 0 Å². The molecule has 5 heteroatoms. The zero-order chi connectivity index (χ0) is 15.4. The third kappa shape index (κ3) is 3.80. The van der Waals surface area contributed by atoms with Crippen molar-refractivity contribution in [2.45, 2.75) is 19.4 Å². The van der Waals surface area contributed by atoms with Crippen LogP contribution in [0.2, 0.25) is 10.0 Å². The van der Waals surface area contributed by atoms with Gasteiger partial charge in [0.2, 0.25) is 0 Å². The van der Waals surface area contributed by atoms with E-state index in [1.807, 2.05) is 12.1 Å². The Hall–Kier alpha value is -1.45. The number of nitrogens with one attached hydrogen (secondary N) is 1. The number of hydrogen-bond acceptors (Lipinski definition) is 2. The Balaban J connectivity index is 2.28. The molecule has 2 aromatic rings. The van der Waals surface area contributed by atoms with Gasteiger partial charge in [-0.2, -0.15) is 0 Å². The van der Waals surface area contributed by atoms with E-state index in [0.29, 0.717) is 15.8 Å². The van der Waals surface area contributed by atoms with E-state index < -0.39 is 0 Å². The Morgan fingerprint density at radius 2 is 1.90 bits per heavy atom. The van der Waals surface area contributed by atoms with Gasteiger partial charge >= 0.3 is 0 Å². The van der Waals surface area contributed by atoms with E-state index in [4.69, 9.17) is 27.9 Å². The van der Waals surface area contributed by atoms with Crippen molar-refractivity contribution in [2.75, 3.05) is 12.4 Å². The molecule has 0 heterocycles. The minimum atomic E-state index is -0.333. The van der Waals surface area contributed by atoms with Crippen LogP contribution < -0.4 is 10.1 Å². The maximum absolute atomic E-state index is 13.2. The van der Waals surface area contributed by atoms with Crippen molar-refractivity contribution in [2.24, 2.45) is 0 Å². The first-order valence-electron chi connectivity index (χ1n) is 6.60. The molecule has 0 radical (unpaired) electrons. The van der Waals surface area contributed by atoms with Gasteiger partial charge in [0.25, 0.3) is 0 Å². The molecule has 1 atom stereocenters. The Morgan fingerprint density at radius 3 is 2.52 bits per heavy atom. The molecule has 0 fully saturated rings. The molecule has 0 saturated carbocycles. The van der Waals surface area contributed by atoms with Crippen molar-refractivity contribution >= 4 is 28.9 Å². The quantitative estimate of drug-likeness (QED) is 0.760. The molecule has 1 unspecified atom stereocenters. The summed E-state index contributed by atoms with van der Waals surface area (Å²) in [6.45, 7) is 2.05. The van der Waals surface area contributed by atoms with Crippen LogP contribution in [0, 0.1) is 5.82 Å². The van der Waals surface area contributed by atoms with Crippen molar-refractivity contribution in [3.8, 4) is 5.75 Å². The van der Waals surface area contributed by atoms with Crippen molar-refractivity contribution in [1.82, 2.24) is 0 Å². The van der Waals surface area contributed by atoms with Crippen molar-refractivity contribution in [3.63, 3.8) is 0 Å². The summed E-state index contributed by atoms with van der Waals surface area (Å²) in [5.74, 6) is 0.133. The number of hydrogen-bond donors (Lipinski definition) is 1. The van der Waals surface area contributed by atoms with E-state index in [0.717, 1.165) is 17.7 Å². The number of benzene rings is 2. The van der Waals surface area contributed by atoms with Gasteiger partial charge in [-0.05, 0) is 36.2 Å². The van der Waals surface area contributed by atoms with Crippen molar-refractivity contribution in [1.29, 1.82) is 0 Å². The number of halogens is 3. The fraction of sp³-hybridized carbons (Fsp3) is 0.250. The lowest BCUT2D eigenvalue weighted by Gasteiger charge is -2.21. The van der Waals surface area contributed by atoms with Crippen molar-refractivity contribution < 1.29 is 9.13 Å². The highest BCUT2D eigenvalue weighted by molar-refractivity contribution is 6.42. The minimum absolute atomic E-state index is 0.0270. The second kappa shape index (κ2) is 7.01. The van der Waals surface area contributed by atoms with Gasteiger partial charge in [-0.3, -0.25) is 0 Å². The predicted molar refractivity (Wildman–Crippen MR) is 86.1 cm³/mol. The Kier molecular flexibility index (Phi) is 5.32. The molecular weight excluding hydrogens is 312 g/mol. The van der Waals surface area contributed by atoms with Crippen LogP contribution in [0.3, 0.4) is 0 Å². The lowest BCUT2D eigenvalue weighted by Crippen LogP contribution is -2.10. The molecule has 2 aromatic carbocycles. The zero-order valence-electron chi connectivity index (χ0n) is 11.8. The van der Waals surface area contributed by atoms with E-state index >= 15 is 0 Å². The van der Waals surface area contributed by atoms with E-state index in [2.05, 4.69) is 12.2 Å². The third-order valence-electron chi connectivity index (χ3n) is 3.25. The molecule has 0 amide bonds. The molecule has 0 aromatic heterocycles. The summed E-state index contributed by atoms with van der Waals surface area (Å²) in [6, 6.07) is 9.96. The summed E-state index contributed by atoms with van der Waals surface area (Å²) in [5.41, 5.74) is 1.75. The Labute approximate surface area is 133 Å². The molecule has 0 aliphatic heterocycles. The lowest BCUT2D eigenvalue weighted by molar-refractivity contribution is 0.412. The molecule has 1 N–H and O–H groups in total. The summed E-state index contributed by atoms with van der Waals surface area (Å²) >= 11 is 12.0. The maximum atomic E-state index is 13.2. The van der Waals surface area contributed by atoms with Gasteiger partial charge in [0, 0.05) is 6.07 Å².